The van der Waals surface area contributed by atoms with Crippen LogP contribution in [0.5, 0.6) is 17.2 Å². The predicted octanol–water partition coefficient (Wildman–Crippen LogP) is 3.48. The van der Waals surface area contributed by atoms with Crippen molar-refractivity contribution in [3.63, 3.8) is 0 Å². The van der Waals surface area contributed by atoms with Crippen LogP contribution >= 0.6 is 0 Å². The lowest BCUT2D eigenvalue weighted by Crippen LogP contribution is -2.40. The highest BCUT2D eigenvalue weighted by Crippen LogP contribution is 2.40. The Morgan fingerprint density at radius 2 is 1.66 bits per heavy atom. The highest BCUT2D eigenvalue weighted by Gasteiger charge is 2.19. The van der Waals surface area contributed by atoms with Crippen LogP contribution in [0.4, 0.5) is 0 Å². The van der Waals surface area contributed by atoms with E-state index in [4.69, 9.17) is 18.7 Å². The molecule has 0 N–H and O–H groups in total. The van der Waals surface area contributed by atoms with Crippen LogP contribution in [-0.2, 0) is 13.1 Å². The van der Waals surface area contributed by atoms with Gasteiger partial charge in [-0.2, -0.15) is 4.98 Å². The Kier molecular flexibility index (Phi) is 7.19. The van der Waals surface area contributed by atoms with Crippen molar-refractivity contribution in [2.45, 2.75) is 39.3 Å². The first-order valence-corrected chi connectivity index (χ1v) is 11.4. The lowest BCUT2D eigenvalue weighted by molar-refractivity contribution is 0.324. The molecule has 4 rings (SSSR count). The van der Waals surface area contributed by atoms with Crippen molar-refractivity contribution in [3.8, 4) is 28.6 Å². The Morgan fingerprint density at radius 1 is 0.943 bits per heavy atom. The average molecular weight is 481 g/mol. The molecule has 10 heteroatoms. The Labute approximate surface area is 201 Å². The highest BCUT2D eigenvalue weighted by atomic mass is 16.5. The van der Waals surface area contributed by atoms with E-state index in [-0.39, 0.29) is 18.0 Å². The van der Waals surface area contributed by atoms with Gasteiger partial charge in [-0.25, -0.2) is 4.79 Å². The molecule has 0 amide bonds. The van der Waals surface area contributed by atoms with E-state index in [1.807, 2.05) is 0 Å². The van der Waals surface area contributed by atoms with Gasteiger partial charge in [0, 0.05) is 12.1 Å². The summed E-state index contributed by atoms with van der Waals surface area (Å²) in [6.07, 6.45) is 2.67. The molecule has 0 unspecified atom stereocenters. The van der Waals surface area contributed by atoms with E-state index in [1.54, 1.807) is 36.4 Å². The number of ether oxygens (including phenoxy) is 3. The average Bonchev–Trinajstić information content (AvgIpc) is 3.36. The summed E-state index contributed by atoms with van der Waals surface area (Å²) in [5, 5.41) is 4.54. The maximum absolute atomic E-state index is 13.3. The number of benzene rings is 2. The van der Waals surface area contributed by atoms with Gasteiger partial charge in [0.25, 0.3) is 5.56 Å². The van der Waals surface area contributed by atoms with Gasteiger partial charge >= 0.3 is 5.69 Å². The largest absolute Gasteiger partial charge is 0.493 e. The molecular weight excluding hydrogens is 452 g/mol. The van der Waals surface area contributed by atoms with Crippen LogP contribution in [0.25, 0.3) is 22.3 Å². The van der Waals surface area contributed by atoms with Crippen molar-refractivity contribution in [1.29, 1.82) is 0 Å². The standard InChI is InChI=1S/C25H28N4O6/c1-5-6-9-12-28-24(30)17-10-7-8-11-18(17)29(25(28)31)15-21-26-23(27-35-21)16-13-19(32-2)22(34-4)20(14-16)33-3/h7-8,10-11,13-14H,5-6,9,12,15H2,1-4H3. The van der Waals surface area contributed by atoms with E-state index >= 15 is 0 Å². The van der Waals surface area contributed by atoms with E-state index in [9.17, 15) is 9.59 Å². The van der Waals surface area contributed by atoms with Crippen LogP contribution in [0.3, 0.4) is 0 Å². The molecule has 35 heavy (non-hydrogen) atoms. The monoisotopic (exact) mass is 480 g/mol. The van der Waals surface area contributed by atoms with Gasteiger partial charge in [-0.05, 0) is 30.7 Å². The zero-order chi connectivity index (χ0) is 24.9. The summed E-state index contributed by atoms with van der Waals surface area (Å²) >= 11 is 0. The third-order valence-electron chi connectivity index (χ3n) is 5.80. The third-order valence-corrected chi connectivity index (χ3v) is 5.80. The number of unbranched alkanes of at least 4 members (excludes halogenated alkanes) is 2. The van der Waals surface area contributed by atoms with Crippen LogP contribution in [0.15, 0.2) is 50.5 Å². The van der Waals surface area contributed by atoms with Gasteiger partial charge in [-0.15, -0.1) is 0 Å². The molecule has 0 spiro atoms. The first-order valence-electron chi connectivity index (χ1n) is 11.4. The molecule has 0 bridgehead atoms. The number of hydrogen-bond acceptors (Lipinski definition) is 8. The maximum Gasteiger partial charge on any atom is 0.331 e. The molecule has 0 radical (unpaired) electrons. The number of nitrogens with zero attached hydrogens (tertiary/aromatic N) is 4. The van der Waals surface area contributed by atoms with Gasteiger partial charge in [-0.1, -0.05) is 37.1 Å². The molecule has 0 aliphatic heterocycles. The SMILES string of the molecule is CCCCCn1c(=O)c2ccccc2n(Cc2nc(-c3cc(OC)c(OC)c(OC)c3)no2)c1=O. The molecule has 0 saturated carbocycles. The number of aromatic nitrogens is 4. The summed E-state index contributed by atoms with van der Waals surface area (Å²) in [4.78, 5) is 30.8. The molecule has 184 valence electrons. The summed E-state index contributed by atoms with van der Waals surface area (Å²) in [7, 11) is 4.57. The lowest BCUT2D eigenvalue weighted by atomic mass is 10.1. The Hall–Kier alpha value is -4.08. The molecule has 0 fully saturated rings. The van der Waals surface area contributed by atoms with Crippen LogP contribution in [0.2, 0.25) is 0 Å². The maximum atomic E-state index is 13.3. The zero-order valence-corrected chi connectivity index (χ0v) is 20.2. The Bertz CT molecular complexity index is 1430. The van der Waals surface area contributed by atoms with Crippen LogP contribution < -0.4 is 25.5 Å². The van der Waals surface area contributed by atoms with Crippen LogP contribution in [-0.4, -0.2) is 40.6 Å². The second-order valence-corrected chi connectivity index (χ2v) is 7.98. The van der Waals surface area contributed by atoms with Gasteiger partial charge in [0.15, 0.2) is 11.5 Å². The van der Waals surface area contributed by atoms with Crippen molar-refractivity contribution in [2.24, 2.45) is 0 Å². The summed E-state index contributed by atoms with van der Waals surface area (Å²) in [5.74, 6) is 1.88. The van der Waals surface area contributed by atoms with Crippen LogP contribution in [0, 0.1) is 0 Å². The number of hydrogen-bond donors (Lipinski definition) is 0. The first kappa shape index (κ1) is 24.1. The van der Waals surface area contributed by atoms with Crippen molar-refractivity contribution >= 4 is 10.9 Å². The molecule has 10 nitrogen and oxygen atoms in total. The fourth-order valence-electron chi connectivity index (χ4n) is 4.02. The minimum absolute atomic E-state index is 0.0187. The highest BCUT2D eigenvalue weighted by molar-refractivity contribution is 5.77. The number of fused-ring (bicyclic) bond motifs is 1. The van der Waals surface area contributed by atoms with Crippen molar-refractivity contribution < 1.29 is 18.7 Å². The molecule has 0 atom stereocenters. The van der Waals surface area contributed by atoms with E-state index in [0.717, 1.165) is 19.3 Å². The van der Waals surface area contributed by atoms with E-state index < -0.39 is 5.69 Å². The third kappa shape index (κ3) is 4.64. The molecule has 2 heterocycles. The van der Waals surface area contributed by atoms with Gasteiger partial charge in [0.1, 0.15) is 6.54 Å². The molecule has 4 aromatic rings. The van der Waals surface area contributed by atoms with Crippen molar-refractivity contribution in [3.05, 3.63) is 63.1 Å². The quantitative estimate of drug-likeness (QED) is 0.317. The summed E-state index contributed by atoms with van der Waals surface area (Å²) in [6, 6.07) is 10.5. The zero-order valence-electron chi connectivity index (χ0n) is 20.2. The molecule has 2 aromatic heterocycles. The molecule has 0 saturated heterocycles. The molecule has 0 aliphatic carbocycles. The van der Waals surface area contributed by atoms with Gasteiger partial charge in [0.05, 0.1) is 32.2 Å². The van der Waals surface area contributed by atoms with Gasteiger partial charge < -0.3 is 18.7 Å². The van der Waals surface area contributed by atoms with Gasteiger partial charge in [-0.3, -0.25) is 13.9 Å². The molecule has 0 aliphatic rings. The van der Waals surface area contributed by atoms with E-state index in [1.165, 1.54) is 30.5 Å². The second kappa shape index (κ2) is 10.5. The first-order chi connectivity index (χ1) is 17.0. The number of para-hydroxylation sites is 1. The summed E-state index contributed by atoms with van der Waals surface area (Å²) < 4.78 is 24.4. The lowest BCUT2D eigenvalue weighted by Gasteiger charge is -2.13. The predicted molar refractivity (Wildman–Crippen MR) is 130 cm³/mol. The number of methoxy groups -OCH3 is 3. The molecular formula is C25H28N4O6. The normalized spacial score (nSPS) is 11.1. The van der Waals surface area contributed by atoms with Gasteiger partial charge in [0.2, 0.25) is 17.5 Å². The van der Waals surface area contributed by atoms with Crippen LogP contribution in [0.1, 0.15) is 32.1 Å². The van der Waals surface area contributed by atoms with E-state index in [2.05, 4.69) is 17.1 Å². The van der Waals surface area contributed by atoms with Crippen molar-refractivity contribution in [2.75, 3.05) is 21.3 Å². The fourth-order valence-corrected chi connectivity index (χ4v) is 4.02. The minimum Gasteiger partial charge on any atom is -0.493 e. The summed E-state index contributed by atoms with van der Waals surface area (Å²) in [6.45, 7) is 2.45. The fraction of sp³-hybridized carbons (Fsp3) is 0.360. The van der Waals surface area contributed by atoms with E-state index in [0.29, 0.717) is 46.1 Å². The van der Waals surface area contributed by atoms with Crippen molar-refractivity contribution in [1.82, 2.24) is 19.3 Å². The molecule has 2 aromatic carbocycles. The minimum atomic E-state index is -0.405. The topological polar surface area (TPSA) is 111 Å². The second-order valence-electron chi connectivity index (χ2n) is 7.98. The Balaban J connectivity index is 1.75. The smallest absolute Gasteiger partial charge is 0.331 e. The number of rotatable bonds is 10. The summed E-state index contributed by atoms with van der Waals surface area (Å²) in [5.41, 5.74) is 0.414. The Morgan fingerprint density at radius 3 is 2.31 bits per heavy atom.